The molecule has 4 aromatic rings. The van der Waals surface area contributed by atoms with Crippen LogP contribution in [0.15, 0.2) is 70.7 Å². The van der Waals surface area contributed by atoms with Crippen molar-refractivity contribution in [3.63, 3.8) is 0 Å². The molecule has 0 saturated carbocycles. The first-order valence-electron chi connectivity index (χ1n) is 11.2. The first-order chi connectivity index (χ1) is 16.5. The highest BCUT2D eigenvalue weighted by Crippen LogP contribution is 2.35. The van der Waals surface area contributed by atoms with Gasteiger partial charge in [-0.1, -0.05) is 18.2 Å². The number of amides is 1. The van der Waals surface area contributed by atoms with Crippen LogP contribution in [-0.2, 0) is 11.2 Å². The lowest BCUT2D eigenvalue weighted by Gasteiger charge is -2.15. The van der Waals surface area contributed by atoms with Crippen molar-refractivity contribution in [2.24, 2.45) is 4.99 Å². The normalized spacial score (nSPS) is 16.3. The fraction of sp³-hybridized carbons (Fsp3) is 0.185. The number of aromatic nitrogens is 2. The summed E-state index contributed by atoms with van der Waals surface area (Å²) < 4.78 is 5.26. The standard InChI is InChI=1S/C27H26N4O2S/c1-17-14-20(18(2)29-17)15-25-26(32)31(13-12-19-16-28-24-7-5-4-6-23(19)24)27(34-25)30-21-8-10-22(33-3)11-9-21/h4-11,14-16,28-29H,12-13H2,1-3H3. The molecule has 0 spiro atoms. The van der Waals surface area contributed by atoms with Gasteiger partial charge >= 0.3 is 0 Å². The maximum absolute atomic E-state index is 13.5. The second kappa shape index (κ2) is 9.27. The van der Waals surface area contributed by atoms with Gasteiger partial charge in [0.2, 0.25) is 0 Å². The van der Waals surface area contributed by atoms with Crippen LogP contribution >= 0.6 is 11.8 Å². The van der Waals surface area contributed by atoms with Crippen molar-refractivity contribution in [2.75, 3.05) is 13.7 Å². The van der Waals surface area contributed by atoms with Gasteiger partial charge < -0.3 is 14.7 Å². The lowest BCUT2D eigenvalue weighted by atomic mass is 10.1. The van der Waals surface area contributed by atoms with Gasteiger partial charge in [0.15, 0.2) is 5.17 Å². The Kier molecular flexibility index (Phi) is 6.02. The van der Waals surface area contributed by atoms with E-state index in [2.05, 4.69) is 28.2 Å². The summed E-state index contributed by atoms with van der Waals surface area (Å²) in [7, 11) is 1.64. The maximum atomic E-state index is 13.5. The van der Waals surface area contributed by atoms with Crippen LogP contribution in [0.5, 0.6) is 5.75 Å². The van der Waals surface area contributed by atoms with E-state index < -0.39 is 0 Å². The summed E-state index contributed by atoms with van der Waals surface area (Å²) in [5.74, 6) is 0.754. The van der Waals surface area contributed by atoms with Gasteiger partial charge in [0.05, 0.1) is 17.7 Å². The van der Waals surface area contributed by atoms with Gasteiger partial charge in [-0.3, -0.25) is 9.69 Å². The number of hydrogen-bond donors (Lipinski definition) is 2. The zero-order valence-corrected chi connectivity index (χ0v) is 20.2. The number of nitrogens with zero attached hydrogens (tertiary/aromatic N) is 2. The first-order valence-corrected chi connectivity index (χ1v) is 12.0. The second-order valence-corrected chi connectivity index (χ2v) is 9.31. The summed E-state index contributed by atoms with van der Waals surface area (Å²) >= 11 is 1.42. The number of rotatable bonds is 6. The van der Waals surface area contributed by atoms with Gasteiger partial charge in [0, 0.05) is 35.0 Å². The third-order valence-electron chi connectivity index (χ3n) is 5.94. The van der Waals surface area contributed by atoms with Crippen molar-refractivity contribution in [2.45, 2.75) is 20.3 Å². The van der Waals surface area contributed by atoms with E-state index in [4.69, 9.17) is 9.73 Å². The molecule has 7 heteroatoms. The molecule has 1 amide bonds. The third-order valence-corrected chi connectivity index (χ3v) is 6.95. The van der Waals surface area contributed by atoms with Crippen molar-refractivity contribution < 1.29 is 9.53 Å². The molecule has 1 aliphatic heterocycles. The second-order valence-electron chi connectivity index (χ2n) is 8.30. The van der Waals surface area contributed by atoms with Gasteiger partial charge in [0.1, 0.15) is 5.75 Å². The highest BCUT2D eigenvalue weighted by atomic mass is 32.2. The number of aliphatic imine (C=N–C) groups is 1. The quantitative estimate of drug-likeness (QED) is 0.341. The van der Waals surface area contributed by atoms with Crippen LogP contribution in [0.25, 0.3) is 17.0 Å². The summed E-state index contributed by atoms with van der Waals surface area (Å²) in [5.41, 5.74) is 6.21. The van der Waals surface area contributed by atoms with E-state index in [0.717, 1.165) is 40.3 Å². The number of para-hydroxylation sites is 1. The molecule has 2 aromatic carbocycles. The molecule has 0 radical (unpaired) electrons. The fourth-order valence-corrected chi connectivity index (χ4v) is 5.18. The smallest absolute Gasteiger partial charge is 0.266 e. The van der Waals surface area contributed by atoms with E-state index in [1.54, 1.807) is 12.0 Å². The van der Waals surface area contributed by atoms with E-state index >= 15 is 0 Å². The van der Waals surface area contributed by atoms with Crippen molar-refractivity contribution in [3.8, 4) is 5.75 Å². The number of ether oxygens (including phenoxy) is 1. The Morgan fingerprint density at radius 1 is 1.12 bits per heavy atom. The number of amidine groups is 1. The number of methoxy groups -OCH3 is 1. The maximum Gasteiger partial charge on any atom is 0.266 e. The van der Waals surface area contributed by atoms with Crippen LogP contribution in [0.3, 0.4) is 0 Å². The Morgan fingerprint density at radius 3 is 2.65 bits per heavy atom. The van der Waals surface area contributed by atoms with Crippen LogP contribution < -0.4 is 4.74 Å². The zero-order chi connectivity index (χ0) is 23.7. The Hall–Kier alpha value is -3.71. The molecule has 1 saturated heterocycles. The molecule has 0 atom stereocenters. The number of fused-ring (bicyclic) bond motifs is 1. The van der Waals surface area contributed by atoms with Crippen LogP contribution in [0.4, 0.5) is 5.69 Å². The molecule has 0 bridgehead atoms. The molecule has 5 rings (SSSR count). The highest BCUT2D eigenvalue weighted by Gasteiger charge is 2.33. The summed E-state index contributed by atoms with van der Waals surface area (Å²) in [6, 6.07) is 17.8. The Labute approximate surface area is 202 Å². The molecular formula is C27H26N4O2S. The van der Waals surface area contributed by atoms with E-state index in [1.165, 1.54) is 22.7 Å². The van der Waals surface area contributed by atoms with Gasteiger partial charge in [0.25, 0.3) is 5.91 Å². The fourth-order valence-electron chi connectivity index (χ4n) is 4.16. The van der Waals surface area contributed by atoms with Gasteiger partial charge in [-0.25, -0.2) is 4.99 Å². The van der Waals surface area contributed by atoms with E-state index in [-0.39, 0.29) is 5.91 Å². The number of carbonyl (C=O) groups is 1. The van der Waals surface area contributed by atoms with Crippen molar-refractivity contribution >= 4 is 45.5 Å². The highest BCUT2D eigenvalue weighted by molar-refractivity contribution is 8.18. The third kappa shape index (κ3) is 4.39. The topological polar surface area (TPSA) is 73.5 Å². The summed E-state index contributed by atoms with van der Waals surface area (Å²) in [5, 5.41) is 1.87. The molecule has 2 aromatic heterocycles. The zero-order valence-electron chi connectivity index (χ0n) is 19.4. The molecule has 1 fully saturated rings. The average Bonchev–Trinajstić information content (AvgIpc) is 3.49. The van der Waals surface area contributed by atoms with Crippen molar-refractivity contribution in [1.29, 1.82) is 0 Å². The number of benzene rings is 2. The number of thioether (sulfide) groups is 1. The number of nitrogens with one attached hydrogen (secondary N) is 2. The van der Waals surface area contributed by atoms with E-state index in [9.17, 15) is 4.79 Å². The largest absolute Gasteiger partial charge is 0.497 e. The van der Waals surface area contributed by atoms with Crippen LogP contribution in [0.2, 0.25) is 0 Å². The van der Waals surface area contributed by atoms with Gasteiger partial charge in [-0.05, 0) is 85.6 Å². The number of hydrogen-bond acceptors (Lipinski definition) is 4. The Balaban J connectivity index is 1.46. The molecule has 0 aliphatic carbocycles. The van der Waals surface area contributed by atoms with Crippen LogP contribution in [0.1, 0.15) is 22.5 Å². The minimum atomic E-state index is -0.0182. The average molecular weight is 471 g/mol. The number of aromatic amines is 2. The molecule has 1 aliphatic rings. The van der Waals surface area contributed by atoms with Crippen LogP contribution in [-0.4, -0.2) is 39.6 Å². The van der Waals surface area contributed by atoms with Gasteiger partial charge in [-0.15, -0.1) is 0 Å². The van der Waals surface area contributed by atoms with E-state index in [0.29, 0.717) is 16.6 Å². The summed E-state index contributed by atoms with van der Waals surface area (Å²) in [6.07, 6.45) is 4.72. The number of aryl methyl sites for hydroxylation is 2. The van der Waals surface area contributed by atoms with Crippen molar-refractivity contribution in [3.05, 3.63) is 88.2 Å². The van der Waals surface area contributed by atoms with Gasteiger partial charge in [-0.2, -0.15) is 0 Å². The van der Waals surface area contributed by atoms with Crippen LogP contribution in [0, 0.1) is 13.8 Å². The monoisotopic (exact) mass is 470 g/mol. The lowest BCUT2D eigenvalue weighted by molar-refractivity contribution is -0.122. The Bertz CT molecular complexity index is 1410. The predicted molar refractivity (Wildman–Crippen MR) is 140 cm³/mol. The molecular weight excluding hydrogens is 444 g/mol. The molecule has 34 heavy (non-hydrogen) atoms. The lowest BCUT2D eigenvalue weighted by Crippen LogP contribution is -2.31. The van der Waals surface area contributed by atoms with Crippen molar-refractivity contribution in [1.82, 2.24) is 14.9 Å². The minimum absolute atomic E-state index is 0.0182. The SMILES string of the molecule is COc1ccc(N=C2SC(=Cc3cc(C)[nH]c3C)C(=O)N2CCc2c[nH]c3ccccc23)cc1. The van der Waals surface area contributed by atoms with E-state index in [1.807, 2.05) is 62.5 Å². The summed E-state index contributed by atoms with van der Waals surface area (Å²) in [4.78, 5) is 27.4. The number of carbonyl (C=O) groups excluding carboxylic acids is 1. The molecule has 0 unspecified atom stereocenters. The Morgan fingerprint density at radius 2 is 1.91 bits per heavy atom. The predicted octanol–water partition coefficient (Wildman–Crippen LogP) is 5.97. The molecule has 2 N–H and O–H groups in total. The molecule has 3 heterocycles. The summed E-state index contributed by atoms with van der Waals surface area (Å²) in [6.45, 7) is 4.58. The number of H-pyrrole nitrogens is 2. The first kappa shape index (κ1) is 22.1. The molecule has 172 valence electrons. The minimum Gasteiger partial charge on any atom is -0.497 e. The molecule has 6 nitrogen and oxygen atoms in total.